The molecule has 1 aromatic heterocycles. The Morgan fingerprint density at radius 3 is 2.73 bits per heavy atom. The second-order valence-electron chi connectivity index (χ2n) is 3.67. The van der Waals surface area contributed by atoms with Gasteiger partial charge in [-0.3, -0.25) is 4.98 Å². The van der Waals surface area contributed by atoms with Gasteiger partial charge in [0.25, 0.3) is 0 Å². The molecular formula is C10H15ClN4. The van der Waals surface area contributed by atoms with Crippen LogP contribution in [0.3, 0.4) is 0 Å². The molecule has 5 heteroatoms. The Kier molecular flexibility index (Phi) is 3.88. The summed E-state index contributed by atoms with van der Waals surface area (Å²) in [5.74, 6) is 0. The molecule has 1 saturated heterocycles. The van der Waals surface area contributed by atoms with E-state index in [1.807, 2.05) is 0 Å². The highest BCUT2D eigenvalue weighted by Crippen LogP contribution is 2.03. The zero-order valence-corrected chi connectivity index (χ0v) is 9.37. The first-order chi connectivity index (χ1) is 7.34. The number of piperazine rings is 1. The van der Waals surface area contributed by atoms with Gasteiger partial charge in [-0.1, -0.05) is 11.6 Å². The molecule has 0 atom stereocenters. The zero-order valence-electron chi connectivity index (χ0n) is 8.62. The number of hydrogen-bond donors (Lipinski definition) is 1. The first-order valence-electron chi connectivity index (χ1n) is 5.24. The van der Waals surface area contributed by atoms with E-state index in [9.17, 15) is 0 Å². The molecule has 2 heterocycles. The summed E-state index contributed by atoms with van der Waals surface area (Å²) in [6.45, 7) is 5.48. The SMILES string of the molecule is Clc1cnc(CCN2CCNCC2)cn1. The quantitative estimate of drug-likeness (QED) is 0.819. The van der Waals surface area contributed by atoms with Crippen LogP contribution in [0.15, 0.2) is 12.4 Å². The molecule has 0 unspecified atom stereocenters. The molecule has 1 aliphatic rings. The number of hydrogen-bond acceptors (Lipinski definition) is 4. The van der Waals surface area contributed by atoms with Crippen LogP contribution in [-0.4, -0.2) is 47.6 Å². The third kappa shape index (κ3) is 3.41. The molecule has 1 aliphatic heterocycles. The molecule has 1 aromatic rings. The fourth-order valence-corrected chi connectivity index (χ4v) is 1.77. The molecule has 2 rings (SSSR count). The van der Waals surface area contributed by atoms with Crippen LogP contribution in [0.25, 0.3) is 0 Å². The van der Waals surface area contributed by atoms with E-state index in [-0.39, 0.29) is 0 Å². The second-order valence-corrected chi connectivity index (χ2v) is 4.06. The Hall–Kier alpha value is -0.710. The highest BCUT2D eigenvalue weighted by molar-refractivity contribution is 6.29. The third-order valence-corrected chi connectivity index (χ3v) is 2.76. The lowest BCUT2D eigenvalue weighted by molar-refractivity contribution is 0.243. The lowest BCUT2D eigenvalue weighted by Crippen LogP contribution is -2.44. The predicted molar refractivity (Wildman–Crippen MR) is 60.1 cm³/mol. The summed E-state index contributed by atoms with van der Waals surface area (Å²) in [6.07, 6.45) is 4.31. The van der Waals surface area contributed by atoms with Gasteiger partial charge >= 0.3 is 0 Å². The van der Waals surface area contributed by atoms with E-state index in [4.69, 9.17) is 11.6 Å². The van der Waals surface area contributed by atoms with Gasteiger partial charge in [-0.05, 0) is 0 Å². The Balaban J connectivity index is 1.79. The van der Waals surface area contributed by atoms with Crippen LogP contribution in [0.2, 0.25) is 5.15 Å². The fourth-order valence-electron chi connectivity index (χ4n) is 1.68. The van der Waals surface area contributed by atoms with E-state index in [0.717, 1.165) is 44.8 Å². The van der Waals surface area contributed by atoms with Crippen molar-refractivity contribution >= 4 is 11.6 Å². The van der Waals surface area contributed by atoms with E-state index in [1.54, 1.807) is 12.4 Å². The van der Waals surface area contributed by atoms with Crippen molar-refractivity contribution in [3.63, 3.8) is 0 Å². The molecule has 0 spiro atoms. The number of rotatable bonds is 3. The molecule has 82 valence electrons. The van der Waals surface area contributed by atoms with Crippen molar-refractivity contribution in [1.82, 2.24) is 20.2 Å². The van der Waals surface area contributed by atoms with Crippen molar-refractivity contribution in [3.8, 4) is 0 Å². The Labute approximate surface area is 94.7 Å². The predicted octanol–water partition coefficient (Wildman–Crippen LogP) is 0.578. The van der Waals surface area contributed by atoms with Crippen molar-refractivity contribution in [3.05, 3.63) is 23.2 Å². The first kappa shape index (κ1) is 10.8. The monoisotopic (exact) mass is 226 g/mol. The van der Waals surface area contributed by atoms with Crippen LogP contribution < -0.4 is 5.32 Å². The minimum atomic E-state index is 0.459. The van der Waals surface area contributed by atoms with Crippen molar-refractivity contribution in [2.75, 3.05) is 32.7 Å². The average Bonchev–Trinajstić information content (AvgIpc) is 2.30. The normalized spacial score (nSPS) is 17.9. The Morgan fingerprint density at radius 2 is 2.07 bits per heavy atom. The molecule has 0 bridgehead atoms. The van der Waals surface area contributed by atoms with E-state index in [1.165, 1.54) is 0 Å². The van der Waals surface area contributed by atoms with Gasteiger partial charge < -0.3 is 10.2 Å². The van der Waals surface area contributed by atoms with E-state index >= 15 is 0 Å². The summed E-state index contributed by atoms with van der Waals surface area (Å²) in [7, 11) is 0. The topological polar surface area (TPSA) is 41.1 Å². The Morgan fingerprint density at radius 1 is 1.27 bits per heavy atom. The lowest BCUT2D eigenvalue weighted by Gasteiger charge is -2.26. The molecule has 0 amide bonds. The van der Waals surface area contributed by atoms with Crippen LogP contribution in [0.4, 0.5) is 0 Å². The largest absolute Gasteiger partial charge is 0.314 e. The molecule has 15 heavy (non-hydrogen) atoms. The first-order valence-corrected chi connectivity index (χ1v) is 5.62. The number of nitrogens with zero attached hydrogens (tertiary/aromatic N) is 3. The number of nitrogens with one attached hydrogen (secondary N) is 1. The summed E-state index contributed by atoms with van der Waals surface area (Å²) in [4.78, 5) is 10.7. The maximum Gasteiger partial charge on any atom is 0.147 e. The maximum absolute atomic E-state index is 5.67. The zero-order chi connectivity index (χ0) is 10.5. The van der Waals surface area contributed by atoms with Gasteiger partial charge in [0.05, 0.1) is 18.1 Å². The van der Waals surface area contributed by atoms with Crippen molar-refractivity contribution in [1.29, 1.82) is 0 Å². The minimum Gasteiger partial charge on any atom is -0.314 e. The van der Waals surface area contributed by atoms with Gasteiger partial charge in [-0.15, -0.1) is 0 Å². The van der Waals surface area contributed by atoms with E-state index in [0.29, 0.717) is 5.15 Å². The smallest absolute Gasteiger partial charge is 0.147 e. The number of halogens is 1. The summed E-state index contributed by atoms with van der Waals surface area (Å²) in [5, 5.41) is 3.79. The summed E-state index contributed by atoms with van der Waals surface area (Å²) in [6, 6.07) is 0. The molecule has 0 aliphatic carbocycles. The van der Waals surface area contributed by atoms with Gasteiger partial charge in [-0.2, -0.15) is 0 Å². The van der Waals surface area contributed by atoms with Crippen LogP contribution in [0, 0.1) is 0 Å². The van der Waals surface area contributed by atoms with Crippen LogP contribution >= 0.6 is 11.6 Å². The van der Waals surface area contributed by atoms with Crippen LogP contribution in [0.1, 0.15) is 5.69 Å². The van der Waals surface area contributed by atoms with Gasteiger partial charge in [0.15, 0.2) is 0 Å². The van der Waals surface area contributed by atoms with Gasteiger partial charge in [0.2, 0.25) is 0 Å². The average molecular weight is 227 g/mol. The highest BCUT2D eigenvalue weighted by Gasteiger charge is 2.09. The van der Waals surface area contributed by atoms with Crippen molar-refractivity contribution < 1.29 is 0 Å². The minimum absolute atomic E-state index is 0.459. The van der Waals surface area contributed by atoms with Gasteiger partial charge in [-0.25, -0.2) is 4.98 Å². The van der Waals surface area contributed by atoms with Crippen LogP contribution in [0.5, 0.6) is 0 Å². The van der Waals surface area contributed by atoms with E-state index in [2.05, 4.69) is 20.2 Å². The van der Waals surface area contributed by atoms with Crippen LogP contribution in [-0.2, 0) is 6.42 Å². The molecule has 0 radical (unpaired) electrons. The van der Waals surface area contributed by atoms with E-state index < -0.39 is 0 Å². The summed E-state index contributed by atoms with van der Waals surface area (Å²) < 4.78 is 0. The Bertz CT molecular complexity index is 295. The summed E-state index contributed by atoms with van der Waals surface area (Å²) in [5.41, 5.74) is 1.01. The molecule has 0 aromatic carbocycles. The summed E-state index contributed by atoms with van der Waals surface area (Å²) >= 11 is 5.67. The maximum atomic E-state index is 5.67. The lowest BCUT2D eigenvalue weighted by atomic mass is 10.2. The van der Waals surface area contributed by atoms with Gasteiger partial charge in [0.1, 0.15) is 5.15 Å². The third-order valence-electron chi connectivity index (χ3n) is 2.57. The molecule has 0 saturated carbocycles. The fraction of sp³-hybridized carbons (Fsp3) is 0.600. The highest BCUT2D eigenvalue weighted by atomic mass is 35.5. The van der Waals surface area contributed by atoms with Crippen molar-refractivity contribution in [2.24, 2.45) is 0 Å². The molecule has 1 N–H and O–H groups in total. The van der Waals surface area contributed by atoms with Gasteiger partial charge in [0, 0.05) is 39.1 Å². The standard InChI is InChI=1S/C10H15ClN4/c11-10-8-13-9(7-14-10)1-4-15-5-2-12-3-6-15/h7-8,12H,1-6H2. The molecule has 4 nitrogen and oxygen atoms in total. The van der Waals surface area contributed by atoms with Crippen molar-refractivity contribution in [2.45, 2.75) is 6.42 Å². The second kappa shape index (κ2) is 5.39. The molecule has 1 fully saturated rings. The molecular weight excluding hydrogens is 212 g/mol. The number of aromatic nitrogens is 2.